The molecule has 2 heterocycles. The summed E-state index contributed by atoms with van der Waals surface area (Å²) in [5, 5.41) is 11.0. The van der Waals surface area contributed by atoms with Crippen molar-refractivity contribution in [3.8, 4) is 5.75 Å². The lowest BCUT2D eigenvalue weighted by molar-refractivity contribution is 0.414. The standard InChI is InChI=1S/C15H19N3O/c1-19-12-7-5-11(6-8-12)10-14-13-4-2-3-9-16-15(13)18-17-14/h5-8H,2-4,9-10H2,1H3,(H2,16,17,18). The van der Waals surface area contributed by atoms with Crippen molar-refractivity contribution in [2.24, 2.45) is 0 Å². The number of hydrogen-bond acceptors (Lipinski definition) is 3. The monoisotopic (exact) mass is 257 g/mol. The van der Waals surface area contributed by atoms with E-state index in [1.807, 2.05) is 12.1 Å². The van der Waals surface area contributed by atoms with Crippen molar-refractivity contribution in [2.45, 2.75) is 25.7 Å². The average molecular weight is 257 g/mol. The smallest absolute Gasteiger partial charge is 0.151 e. The van der Waals surface area contributed by atoms with Gasteiger partial charge in [-0.05, 0) is 37.0 Å². The molecule has 0 fully saturated rings. The first-order chi connectivity index (χ1) is 9.36. The lowest BCUT2D eigenvalue weighted by Gasteiger charge is -2.04. The fraction of sp³-hybridized carbons (Fsp3) is 0.400. The number of nitrogens with zero attached hydrogens (tertiary/aromatic N) is 1. The van der Waals surface area contributed by atoms with Crippen molar-refractivity contribution in [3.63, 3.8) is 0 Å². The van der Waals surface area contributed by atoms with Crippen LogP contribution in [-0.4, -0.2) is 23.9 Å². The molecule has 0 atom stereocenters. The quantitative estimate of drug-likeness (QED) is 0.889. The second-order valence-electron chi connectivity index (χ2n) is 4.94. The van der Waals surface area contributed by atoms with Gasteiger partial charge >= 0.3 is 0 Å². The van der Waals surface area contributed by atoms with Crippen molar-refractivity contribution in [1.29, 1.82) is 0 Å². The Bertz CT molecular complexity index is 545. The second kappa shape index (κ2) is 5.34. The molecule has 4 nitrogen and oxygen atoms in total. The molecular formula is C15H19N3O. The van der Waals surface area contributed by atoms with Crippen LogP contribution in [0, 0.1) is 0 Å². The Kier molecular flexibility index (Phi) is 3.40. The highest BCUT2D eigenvalue weighted by molar-refractivity contribution is 5.48. The minimum absolute atomic E-state index is 0.897. The maximum atomic E-state index is 5.18. The van der Waals surface area contributed by atoms with E-state index in [-0.39, 0.29) is 0 Å². The predicted molar refractivity (Wildman–Crippen MR) is 75.8 cm³/mol. The predicted octanol–water partition coefficient (Wildman–Crippen LogP) is 2.76. The number of rotatable bonds is 3. The summed E-state index contributed by atoms with van der Waals surface area (Å²) in [5.41, 5.74) is 3.86. The summed E-state index contributed by atoms with van der Waals surface area (Å²) in [6.07, 6.45) is 4.46. The summed E-state index contributed by atoms with van der Waals surface area (Å²) >= 11 is 0. The summed E-state index contributed by atoms with van der Waals surface area (Å²) in [4.78, 5) is 0. The van der Waals surface area contributed by atoms with Crippen molar-refractivity contribution >= 4 is 5.82 Å². The Balaban J connectivity index is 1.80. The molecule has 3 rings (SSSR count). The third-order valence-corrected chi connectivity index (χ3v) is 3.64. The zero-order valence-electron chi connectivity index (χ0n) is 11.2. The third kappa shape index (κ3) is 2.57. The van der Waals surface area contributed by atoms with Gasteiger partial charge in [0.15, 0.2) is 5.82 Å². The van der Waals surface area contributed by atoms with Crippen LogP contribution in [0.3, 0.4) is 0 Å². The highest BCUT2D eigenvalue weighted by Gasteiger charge is 2.15. The Hall–Kier alpha value is -1.97. The SMILES string of the molecule is COc1ccc(Cc2[nH]nc3c2CCCCN3)cc1. The van der Waals surface area contributed by atoms with Gasteiger partial charge in [-0.1, -0.05) is 12.1 Å². The number of nitrogens with one attached hydrogen (secondary N) is 2. The molecule has 0 aliphatic carbocycles. The molecule has 0 saturated carbocycles. The first kappa shape index (κ1) is 12.1. The molecule has 0 amide bonds. The number of anilines is 1. The second-order valence-corrected chi connectivity index (χ2v) is 4.94. The molecular weight excluding hydrogens is 238 g/mol. The summed E-state index contributed by atoms with van der Waals surface area (Å²) < 4.78 is 5.18. The van der Waals surface area contributed by atoms with E-state index >= 15 is 0 Å². The topological polar surface area (TPSA) is 49.9 Å². The summed E-state index contributed by atoms with van der Waals surface area (Å²) in [6.45, 7) is 1.03. The molecule has 19 heavy (non-hydrogen) atoms. The average Bonchev–Trinajstić information content (AvgIpc) is 2.68. The zero-order valence-corrected chi connectivity index (χ0v) is 11.2. The third-order valence-electron chi connectivity index (χ3n) is 3.64. The molecule has 2 N–H and O–H groups in total. The first-order valence-corrected chi connectivity index (χ1v) is 6.80. The number of fused-ring (bicyclic) bond motifs is 1. The molecule has 1 aromatic heterocycles. The van der Waals surface area contributed by atoms with Gasteiger partial charge in [0.1, 0.15) is 5.75 Å². The number of methoxy groups -OCH3 is 1. The minimum atomic E-state index is 0.897. The van der Waals surface area contributed by atoms with Gasteiger partial charge in [0.05, 0.1) is 7.11 Å². The molecule has 0 saturated heterocycles. The van der Waals surface area contributed by atoms with Crippen molar-refractivity contribution < 1.29 is 4.74 Å². The molecule has 1 aliphatic heterocycles. The largest absolute Gasteiger partial charge is 0.497 e. The summed E-state index contributed by atoms with van der Waals surface area (Å²) in [7, 11) is 1.69. The van der Waals surface area contributed by atoms with Crippen molar-refractivity contribution in [2.75, 3.05) is 19.0 Å². The van der Waals surface area contributed by atoms with Crippen LogP contribution in [0.15, 0.2) is 24.3 Å². The van der Waals surface area contributed by atoms with Gasteiger partial charge in [-0.25, -0.2) is 0 Å². The highest BCUT2D eigenvalue weighted by Crippen LogP contribution is 2.24. The Morgan fingerprint density at radius 1 is 1.21 bits per heavy atom. The molecule has 2 aromatic rings. The van der Waals surface area contributed by atoms with Crippen LogP contribution in [0.5, 0.6) is 5.75 Å². The van der Waals surface area contributed by atoms with E-state index in [0.29, 0.717) is 0 Å². The van der Waals surface area contributed by atoms with Crippen LogP contribution in [0.2, 0.25) is 0 Å². The number of hydrogen-bond donors (Lipinski definition) is 2. The fourth-order valence-electron chi connectivity index (χ4n) is 2.54. The lowest BCUT2D eigenvalue weighted by atomic mass is 10.0. The summed E-state index contributed by atoms with van der Waals surface area (Å²) in [6, 6.07) is 8.22. The van der Waals surface area contributed by atoms with Gasteiger partial charge < -0.3 is 10.1 Å². The van der Waals surface area contributed by atoms with Gasteiger partial charge in [-0.15, -0.1) is 0 Å². The van der Waals surface area contributed by atoms with E-state index in [9.17, 15) is 0 Å². The van der Waals surface area contributed by atoms with Crippen LogP contribution in [0.1, 0.15) is 29.7 Å². The van der Waals surface area contributed by atoms with Gasteiger partial charge in [0, 0.05) is 24.2 Å². The van der Waals surface area contributed by atoms with E-state index in [4.69, 9.17) is 4.74 Å². The van der Waals surface area contributed by atoms with Crippen LogP contribution in [-0.2, 0) is 12.8 Å². The minimum Gasteiger partial charge on any atom is -0.497 e. The molecule has 0 unspecified atom stereocenters. The van der Waals surface area contributed by atoms with E-state index in [2.05, 4.69) is 27.6 Å². The first-order valence-electron chi connectivity index (χ1n) is 6.80. The molecule has 0 bridgehead atoms. The Morgan fingerprint density at radius 3 is 2.84 bits per heavy atom. The maximum absolute atomic E-state index is 5.18. The fourth-order valence-corrected chi connectivity index (χ4v) is 2.54. The van der Waals surface area contributed by atoms with Gasteiger partial charge in [0.25, 0.3) is 0 Å². The maximum Gasteiger partial charge on any atom is 0.151 e. The molecule has 100 valence electrons. The van der Waals surface area contributed by atoms with E-state index in [0.717, 1.165) is 31.0 Å². The molecule has 0 radical (unpaired) electrons. The van der Waals surface area contributed by atoms with Crippen LogP contribution in [0.4, 0.5) is 5.82 Å². The van der Waals surface area contributed by atoms with Gasteiger partial charge in [-0.3, -0.25) is 5.10 Å². The molecule has 4 heteroatoms. The van der Waals surface area contributed by atoms with Crippen molar-refractivity contribution in [3.05, 3.63) is 41.1 Å². The molecule has 1 aliphatic rings. The normalized spacial score (nSPS) is 14.4. The zero-order chi connectivity index (χ0) is 13.1. The summed E-state index contributed by atoms with van der Waals surface area (Å²) in [5.74, 6) is 1.94. The van der Waals surface area contributed by atoms with Crippen LogP contribution >= 0.6 is 0 Å². The van der Waals surface area contributed by atoms with E-state index in [1.165, 1.54) is 29.7 Å². The van der Waals surface area contributed by atoms with E-state index in [1.54, 1.807) is 7.11 Å². The molecule has 0 spiro atoms. The Morgan fingerprint density at radius 2 is 2.05 bits per heavy atom. The van der Waals surface area contributed by atoms with Crippen LogP contribution in [0.25, 0.3) is 0 Å². The number of benzene rings is 1. The lowest BCUT2D eigenvalue weighted by Crippen LogP contribution is -1.99. The number of ether oxygens (including phenoxy) is 1. The number of H-pyrrole nitrogens is 1. The van der Waals surface area contributed by atoms with Gasteiger partial charge in [-0.2, -0.15) is 5.10 Å². The van der Waals surface area contributed by atoms with E-state index < -0.39 is 0 Å². The number of aromatic nitrogens is 2. The van der Waals surface area contributed by atoms with Crippen LogP contribution < -0.4 is 10.1 Å². The highest BCUT2D eigenvalue weighted by atomic mass is 16.5. The number of aromatic amines is 1. The molecule has 1 aromatic carbocycles. The van der Waals surface area contributed by atoms with Gasteiger partial charge in [0.2, 0.25) is 0 Å². The Labute approximate surface area is 113 Å². The van der Waals surface area contributed by atoms with Crippen molar-refractivity contribution in [1.82, 2.24) is 10.2 Å².